The van der Waals surface area contributed by atoms with Crippen LogP contribution in [-0.4, -0.2) is 64.6 Å². The van der Waals surface area contributed by atoms with E-state index in [1.54, 1.807) is 12.1 Å². The van der Waals surface area contributed by atoms with Crippen LogP contribution in [0.3, 0.4) is 0 Å². The molecule has 2 saturated heterocycles. The third-order valence-electron chi connectivity index (χ3n) is 8.18. The van der Waals surface area contributed by atoms with Crippen LogP contribution >= 0.6 is 11.8 Å². The second-order valence-corrected chi connectivity index (χ2v) is 11.7. The van der Waals surface area contributed by atoms with Crippen molar-refractivity contribution in [2.45, 2.75) is 55.9 Å². The minimum absolute atomic E-state index is 0.142. The Kier molecular flexibility index (Phi) is 8.73. The molecule has 1 unspecified atom stereocenters. The van der Waals surface area contributed by atoms with E-state index in [0.717, 1.165) is 79.5 Å². The molecule has 2 aliphatic rings. The van der Waals surface area contributed by atoms with Crippen LogP contribution < -0.4 is 4.74 Å². The minimum atomic E-state index is -0.353. The number of hydrogen-bond acceptors (Lipinski definition) is 8. The number of aromatic nitrogens is 3. The van der Waals surface area contributed by atoms with Gasteiger partial charge in [-0.15, -0.1) is 11.8 Å². The average Bonchev–Trinajstić information content (AvgIpc) is 3.34. The lowest BCUT2D eigenvalue weighted by Crippen LogP contribution is -2.35. The van der Waals surface area contributed by atoms with Crippen molar-refractivity contribution < 1.29 is 23.4 Å². The van der Waals surface area contributed by atoms with Gasteiger partial charge in [-0.2, -0.15) is 0 Å². The first-order valence-electron chi connectivity index (χ1n) is 14.3. The first-order chi connectivity index (χ1) is 20.5. The molecule has 2 fully saturated rings. The van der Waals surface area contributed by atoms with Gasteiger partial charge in [-0.25, -0.2) is 19.2 Å². The number of fused-ring (bicyclic) bond motifs is 1. The number of esters is 1. The molecule has 2 aromatic heterocycles. The molecule has 0 saturated carbocycles. The average molecular weight is 591 g/mol. The fourth-order valence-electron chi connectivity index (χ4n) is 5.62. The lowest BCUT2D eigenvalue weighted by atomic mass is 9.93. The molecular weight excluding hydrogens is 555 g/mol. The number of carbonyl (C=O) groups is 1. The highest BCUT2D eigenvalue weighted by molar-refractivity contribution is 7.98. The topological polar surface area (TPSA) is 78.7 Å². The van der Waals surface area contributed by atoms with Gasteiger partial charge < -0.3 is 18.8 Å². The molecule has 220 valence electrons. The number of benzene rings is 2. The highest BCUT2D eigenvalue weighted by Gasteiger charge is 2.26. The summed E-state index contributed by atoms with van der Waals surface area (Å²) < 4.78 is 33.1. The first kappa shape index (κ1) is 28.6. The number of ether oxygens (including phenoxy) is 3. The highest BCUT2D eigenvalue weighted by atomic mass is 32.2. The molecule has 42 heavy (non-hydrogen) atoms. The van der Waals surface area contributed by atoms with Gasteiger partial charge in [0.15, 0.2) is 0 Å². The predicted octanol–water partition coefficient (Wildman–Crippen LogP) is 5.83. The van der Waals surface area contributed by atoms with Gasteiger partial charge in [0.2, 0.25) is 5.88 Å². The predicted molar refractivity (Wildman–Crippen MR) is 159 cm³/mol. The normalized spacial score (nSPS) is 17.7. The van der Waals surface area contributed by atoms with Gasteiger partial charge in [0.05, 0.1) is 42.9 Å². The molecule has 0 N–H and O–H groups in total. The third-order valence-corrected chi connectivity index (χ3v) is 8.91. The number of pyridine rings is 1. The number of carbonyl (C=O) groups excluding carboxylic acids is 1. The van der Waals surface area contributed by atoms with Crippen molar-refractivity contribution in [2.75, 3.05) is 33.1 Å². The molecule has 0 aliphatic carbocycles. The van der Waals surface area contributed by atoms with E-state index in [1.807, 2.05) is 36.6 Å². The molecule has 0 bridgehead atoms. The maximum Gasteiger partial charge on any atom is 0.337 e. The van der Waals surface area contributed by atoms with Crippen LogP contribution in [0.2, 0.25) is 0 Å². The van der Waals surface area contributed by atoms with Crippen molar-refractivity contribution in [3.63, 3.8) is 0 Å². The van der Waals surface area contributed by atoms with Gasteiger partial charge in [-0.1, -0.05) is 12.1 Å². The Morgan fingerprint density at radius 2 is 1.93 bits per heavy atom. The molecule has 2 aromatic carbocycles. The van der Waals surface area contributed by atoms with Crippen LogP contribution in [0.4, 0.5) is 4.39 Å². The number of piperidine rings is 1. The highest BCUT2D eigenvalue weighted by Crippen LogP contribution is 2.30. The molecule has 4 heterocycles. The Hall–Kier alpha value is -3.47. The second-order valence-electron chi connectivity index (χ2n) is 10.8. The summed E-state index contributed by atoms with van der Waals surface area (Å²) in [7, 11) is 1.40. The van der Waals surface area contributed by atoms with E-state index in [9.17, 15) is 9.18 Å². The zero-order valence-electron chi connectivity index (χ0n) is 23.9. The van der Waals surface area contributed by atoms with Gasteiger partial charge in [-0.3, -0.25) is 4.90 Å². The van der Waals surface area contributed by atoms with Gasteiger partial charge in [0, 0.05) is 34.7 Å². The monoisotopic (exact) mass is 590 g/mol. The lowest BCUT2D eigenvalue weighted by molar-refractivity contribution is -0.0592. The Morgan fingerprint density at radius 3 is 2.64 bits per heavy atom. The fraction of sp³-hybridized carbons (Fsp3) is 0.406. The molecule has 4 aromatic rings. The van der Waals surface area contributed by atoms with Crippen LogP contribution in [0.15, 0.2) is 59.5 Å². The molecule has 1 atom stereocenters. The van der Waals surface area contributed by atoms with Crippen molar-refractivity contribution in [1.29, 1.82) is 0 Å². The van der Waals surface area contributed by atoms with E-state index < -0.39 is 0 Å². The van der Waals surface area contributed by atoms with Gasteiger partial charge >= 0.3 is 5.97 Å². The van der Waals surface area contributed by atoms with Crippen molar-refractivity contribution in [1.82, 2.24) is 19.4 Å². The molecule has 6 rings (SSSR count). The summed E-state index contributed by atoms with van der Waals surface area (Å²) in [4.78, 5) is 25.2. The second kappa shape index (κ2) is 12.8. The Balaban J connectivity index is 1.10. The number of imidazole rings is 1. The number of hydrogen-bond donors (Lipinski definition) is 0. The number of nitrogens with zero attached hydrogens (tertiary/aromatic N) is 4. The van der Waals surface area contributed by atoms with Crippen molar-refractivity contribution in [2.24, 2.45) is 0 Å². The molecular formula is C32H35FN4O4S. The number of likely N-dealkylation sites (tertiary alicyclic amines) is 1. The fourth-order valence-corrected chi connectivity index (χ4v) is 6.05. The largest absolute Gasteiger partial charge is 0.473 e. The van der Waals surface area contributed by atoms with Crippen molar-refractivity contribution in [3.05, 3.63) is 83.1 Å². The first-order valence-corrected chi connectivity index (χ1v) is 15.6. The van der Waals surface area contributed by atoms with Gasteiger partial charge in [-0.05, 0) is 75.0 Å². The van der Waals surface area contributed by atoms with E-state index in [-0.39, 0.29) is 24.5 Å². The minimum Gasteiger partial charge on any atom is -0.473 e. The summed E-state index contributed by atoms with van der Waals surface area (Å²) in [6.45, 7) is 4.20. The SMILES string of the molecule is COC(=O)c1ccc2nc(CN3CCC(c4cccc(OCc5ccc(SC)cc5F)n4)CC3)n(CC3CCO3)c2c1. The standard InChI is InChI=1S/C32H35FN4O4S/c1-39-32(38)22-7-9-28-29(16-22)37(18-24-12-15-40-24)30(34-28)19-36-13-10-21(11-14-36)27-4-3-5-31(35-27)41-20-23-6-8-25(42-2)17-26(23)33/h3-9,16-17,21,24H,10-15,18-20H2,1-2H3. The van der Waals surface area contributed by atoms with E-state index in [2.05, 4.69) is 15.5 Å². The zero-order chi connectivity index (χ0) is 29.1. The molecule has 8 nitrogen and oxygen atoms in total. The molecule has 0 spiro atoms. The van der Waals surface area contributed by atoms with E-state index in [0.29, 0.717) is 22.9 Å². The number of rotatable bonds is 10. The number of halogens is 1. The van der Waals surface area contributed by atoms with Crippen LogP contribution in [0, 0.1) is 5.82 Å². The quantitative estimate of drug-likeness (QED) is 0.169. The summed E-state index contributed by atoms with van der Waals surface area (Å²) in [6.07, 6.45) is 5.06. The Labute approximate surface area is 249 Å². The summed E-state index contributed by atoms with van der Waals surface area (Å²) in [5.74, 6) is 1.21. The maximum absolute atomic E-state index is 14.4. The van der Waals surface area contributed by atoms with Crippen LogP contribution in [0.5, 0.6) is 5.88 Å². The number of methoxy groups -OCH3 is 1. The smallest absolute Gasteiger partial charge is 0.337 e. The lowest BCUT2D eigenvalue weighted by Gasteiger charge is -2.32. The molecule has 0 amide bonds. The van der Waals surface area contributed by atoms with Crippen LogP contribution in [-0.2, 0) is 29.2 Å². The van der Waals surface area contributed by atoms with E-state index in [4.69, 9.17) is 24.2 Å². The summed E-state index contributed by atoms with van der Waals surface area (Å²) in [5, 5.41) is 0. The Bertz CT molecular complexity index is 1570. The van der Waals surface area contributed by atoms with Crippen LogP contribution in [0.1, 0.15) is 52.6 Å². The molecule has 0 radical (unpaired) electrons. The zero-order valence-corrected chi connectivity index (χ0v) is 24.7. The molecule has 10 heteroatoms. The molecule has 2 aliphatic heterocycles. The number of thioether (sulfide) groups is 1. The van der Waals surface area contributed by atoms with Crippen molar-refractivity contribution >= 4 is 28.8 Å². The maximum atomic E-state index is 14.4. The van der Waals surface area contributed by atoms with E-state index >= 15 is 0 Å². The summed E-state index contributed by atoms with van der Waals surface area (Å²) >= 11 is 1.51. The summed E-state index contributed by atoms with van der Waals surface area (Å²) in [5.41, 5.74) is 3.84. The van der Waals surface area contributed by atoms with Gasteiger partial charge in [0.25, 0.3) is 0 Å². The van der Waals surface area contributed by atoms with E-state index in [1.165, 1.54) is 24.9 Å². The third kappa shape index (κ3) is 6.30. The van der Waals surface area contributed by atoms with Gasteiger partial charge in [0.1, 0.15) is 18.2 Å². The summed E-state index contributed by atoms with van der Waals surface area (Å²) in [6, 6.07) is 16.6. The van der Waals surface area contributed by atoms with Crippen molar-refractivity contribution in [3.8, 4) is 5.88 Å². The Morgan fingerprint density at radius 1 is 1.10 bits per heavy atom. The van der Waals surface area contributed by atoms with Crippen LogP contribution in [0.25, 0.3) is 11.0 Å².